The number of hydrogen-bond acceptors (Lipinski definition) is 14. The van der Waals surface area contributed by atoms with Gasteiger partial charge in [0.1, 0.15) is 11.2 Å². The first-order valence-corrected chi connectivity index (χ1v) is 45.5. The molecular weight excluding hydrogens is 1390 g/mol. The molecule has 8 N–H and O–H groups in total. The van der Waals surface area contributed by atoms with E-state index < -0.39 is 94.2 Å². The van der Waals surface area contributed by atoms with Crippen LogP contribution in [0.3, 0.4) is 0 Å². The van der Waals surface area contributed by atoms with Gasteiger partial charge in [-0.1, -0.05) is 178 Å². The summed E-state index contributed by atoms with van der Waals surface area (Å²) >= 11 is 0. The van der Waals surface area contributed by atoms with Crippen LogP contribution < -0.4 is 10.1 Å². The molecule has 26 unspecified atom stereocenters. The molecule has 544 valence electrons. The first-order valence-electron chi connectivity index (χ1n) is 40.6. The average molecular weight is 1490 g/mol. The largest absolute Gasteiger partial charge is 0.504 e. The van der Waals surface area contributed by atoms with Crippen molar-refractivity contribution in [2.75, 3.05) is 24.4 Å². The lowest BCUT2D eigenvalue weighted by atomic mass is 9.25. The molecule has 2 saturated heterocycles. The Morgan fingerprint density at radius 2 is 1.64 bits per heavy atom. The van der Waals surface area contributed by atoms with Crippen molar-refractivity contribution < 1.29 is 45.3 Å². The second kappa shape index (κ2) is 22.2. The second-order valence-corrected chi connectivity index (χ2v) is 42.2. The lowest BCUT2D eigenvalue weighted by Crippen LogP contribution is -2.81. The van der Waals surface area contributed by atoms with Crippen molar-refractivity contribution in [3.63, 3.8) is 0 Å². The molecule has 14 heteroatoms. The van der Waals surface area contributed by atoms with Crippen LogP contribution in [0, 0.1) is 116 Å². The number of nitrogens with one attached hydrogen (secondary N) is 1. The maximum Gasteiger partial charge on any atom is 0.160 e. The number of ketones is 1. The van der Waals surface area contributed by atoms with Gasteiger partial charge in [0.05, 0.1) is 43.2 Å². The number of aromatic hydroxyl groups is 3. The van der Waals surface area contributed by atoms with Crippen molar-refractivity contribution in [3.05, 3.63) is 181 Å². The molecule has 3 heterocycles. The normalized spacial score (nSPS) is 45.0. The van der Waals surface area contributed by atoms with Crippen LogP contribution >= 0.6 is 43.2 Å². The molecule has 4 aromatic carbocycles. The van der Waals surface area contributed by atoms with Gasteiger partial charge in [-0.3, -0.25) is 4.79 Å². The molecule has 106 heavy (non-hydrogen) atoms. The minimum absolute atomic E-state index is 0.00251. The third kappa shape index (κ3) is 7.50. The van der Waals surface area contributed by atoms with E-state index in [2.05, 4.69) is 140 Å². The number of allylic oxidation sites excluding steroid dienone is 6. The zero-order valence-electron chi connectivity index (χ0n) is 60.1. The van der Waals surface area contributed by atoms with E-state index >= 15 is 15.0 Å². The summed E-state index contributed by atoms with van der Waals surface area (Å²) in [5.41, 5.74) is 13.4. The zero-order valence-corrected chi connectivity index (χ0v) is 63.3. The number of phenols is 3. The number of hydrogen-bond donors (Lipinski definition) is 8. The van der Waals surface area contributed by atoms with E-state index in [0.29, 0.717) is 42.7 Å². The van der Waals surface area contributed by atoms with Crippen molar-refractivity contribution in [2.45, 2.75) is 192 Å². The maximum absolute atomic E-state index is 18.4. The summed E-state index contributed by atoms with van der Waals surface area (Å²) in [5, 5.41) is 98.9. The quantitative estimate of drug-likeness (QED) is 0.0409. The third-order valence-electron chi connectivity index (χ3n) is 34.7. The number of carbonyl (C=O) groups excluding carboxylic acids is 1. The number of piperidine rings is 1. The van der Waals surface area contributed by atoms with Crippen molar-refractivity contribution >= 4 is 55.0 Å². The van der Waals surface area contributed by atoms with Crippen LogP contribution in [0.25, 0.3) is 6.08 Å². The fourth-order valence-corrected chi connectivity index (χ4v) is 37.9. The number of rotatable bonds is 5. The van der Waals surface area contributed by atoms with E-state index in [1.54, 1.807) is 18.7 Å². The Morgan fingerprint density at radius 3 is 2.48 bits per heavy atom. The van der Waals surface area contributed by atoms with E-state index in [4.69, 9.17) is 10.1 Å². The van der Waals surface area contributed by atoms with Gasteiger partial charge in [-0.15, -0.1) is 5.92 Å². The lowest BCUT2D eigenvalue weighted by molar-refractivity contribution is -0.200. The monoisotopic (exact) mass is 1480 g/mol. The molecule has 23 rings (SSSR count). The Balaban J connectivity index is 0.902. The molecule has 0 radical (unpaired) electrons. The van der Waals surface area contributed by atoms with E-state index in [9.17, 15) is 25.5 Å². The Labute approximate surface area is 637 Å². The molecule has 3 aliphatic heterocycles. The van der Waals surface area contributed by atoms with E-state index in [1.165, 1.54) is 53.5 Å². The van der Waals surface area contributed by atoms with Gasteiger partial charge in [-0.05, 0) is 225 Å². The van der Waals surface area contributed by atoms with E-state index in [-0.39, 0.29) is 104 Å². The highest BCUT2D eigenvalue weighted by Crippen LogP contribution is 2.88. The molecule has 0 aromatic heterocycles. The molecule has 16 aliphatic carbocycles. The van der Waals surface area contributed by atoms with Gasteiger partial charge in [0, 0.05) is 106 Å². The minimum atomic E-state index is -1.37. The molecule has 26 atom stereocenters. The van der Waals surface area contributed by atoms with E-state index in [0.717, 1.165) is 114 Å². The number of aliphatic hydroxyl groups excluding tert-OH is 4. The maximum atomic E-state index is 18.4. The Morgan fingerprint density at radius 1 is 0.811 bits per heavy atom. The Bertz CT molecular complexity index is 4980. The summed E-state index contributed by atoms with van der Waals surface area (Å²) in [5.74, 6) is 14.7. The molecular formula is C92H93NO9S4. The standard InChI is InChI=1S/C92H93NO9S4/c1-102-74-37-56(49(40-94)32-72(74)98)55-34-73(99)76-53-19-26-86-20-10-14-68-54(16-15-46(55)27-45-11-3-2-4-12-45)81(82(76)100)91-65-38-71(97)70(96)36-60(65)63-39-75(91)90-44-87(63)21-9-13-51(87)33-64(90)57-35-69(95)48-28-47-29-59(53)79(86)80-52(47)17-18-62-66-42-104-103-41-50-31-61(84(91)93-68)78(90)77(58(57)30-48)83(50)106-105-43-67(85(86)101)92(62,80)89(24-7-8-25-89)88(66)22-5-6-23-88/h2-4,11-12,17-19,26,29-33,36-38,46,51,53-55,57,61-63,66-69,75-76,78,81-85,93-98,100-101H,5-9,13-14,21-25,27-28,34-35,39-44H2,1H3. The van der Waals surface area contributed by atoms with Gasteiger partial charge < -0.3 is 45.8 Å². The van der Waals surface area contributed by atoms with Crippen molar-refractivity contribution in [3.8, 4) is 46.7 Å². The van der Waals surface area contributed by atoms with Crippen LogP contribution in [0.2, 0.25) is 0 Å². The van der Waals surface area contributed by atoms with Gasteiger partial charge in [0.15, 0.2) is 23.0 Å². The van der Waals surface area contributed by atoms with Crippen LogP contribution in [0.1, 0.15) is 176 Å². The number of aliphatic hydroxyl groups is 4. The van der Waals surface area contributed by atoms with Crippen LogP contribution in [-0.4, -0.2) is 102 Å². The first-order chi connectivity index (χ1) is 51.7. The summed E-state index contributed by atoms with van der Waals surface area (Å²) in [6.45, 7) is -0.407. The summed E-state index contributed by atoms with van der Waals surface area (Å²) in [7, 11) is 9.96. The lowest BCUT2D eigenvalue weighted by Gasteiger charge is -2.79. The Hall–Kier alpha value is -5.49. The predicted molar refractivity (Wildman–Crippen MR) is 417 cm³/mol. The second-order valence-electron chi connectivity index (χ2n) is 37.2. The van der Waals surface area contributed by atoms with Crippen molar-refractivity contribution in [2.24, 2.45) is 92.7 Å². The zero-order chi connectivity index (χ0) is 70.8. The number of benzene rings is 4. The molecule has 4 aromatic rings. The summed E-state index contributed by atoms with van der Waals surface area (Å²) in [4.78, 5) is 18.4. The van der Waals surface area contributed by atoms with Crippen LogP contribution in [0.15, 0.2) is 125 Å². The first kappa shape index (κ1) is 65.2. The number of methoxy groups -OCH3 is 1. The van der Waals surface area contributed by atoms with Gasteiger partial charge in [0.25, 0.3) is 0 Å². The van der Waals surface area contributed by atoms with Gasteiger partial charge in [-0.25, -0.2) is 0 Å². The molecule has 0 amide bonds. The number of carbonyl (C=O) groups is 1. The van der Waals surface area contributed by atoms with Crippen molar-refractivity contribution in [1.29, 1.82) is 0 Å². The predicted octanol–water partition coefficient (Wildman–Crippen LogP) is 15.1. The Kier molecular flexibility index (Phi) is 13.7. The number of phenolic OH excluding ortho intramolecular Hbond substituents is 3. The molecule has 19 bridgehead atoms. The number of ether oxygens (including phenoxy) is 1. The fourth-order valence-electron chi connectivity index (χ4n) is 32.0. The molecule has 7 spiro atoms. The minimum Gasteiger partial charge on any atom is -0.504 e. The highest BCUT2D eigenvalue weighted by atomic mass is 33.1. The summed E-state index contributed by atoms with van der Waals surface area (Å²) in [6, 6.07) is 19.4. The topological polar surface area (TPSA) is 180 Å². The van der Waals surface area contributed by atoms with Gasteiger partial charge in [-0.2, -0.15) is 0 Å². The molecule has 8 fully saturated rings. The highest BCUT2D eigenvalue weighted by molar-refractivity contribution is 8.77. The van der Waals surface area contributed by atoms with Crippen LogP contribution in [-0.2, 0) is 40.5 Å². The van der Waals surface area contributed by atoms with Crippen molar-refractivity contribution in [1.82, 2.24) is 5.32 Å². The summed E-state index contributed by atoms with van der Waals surface area (Å²) < 4.78 is 5.99. The van der Waals surface area contributed by atoms with Gasteiger partial charge in [0.2, 0.25) is 0 Å². The van der Waals surface area contributed by atoms with Gasteiger partial charge >= 0.3 is 0 Å². The highest BCUT2D eigenvalue weighted by Gasteiger charge is 2.84. The number of Topliss-reactive ketones (excluding diaryl/α,β-unsaturated/α-hetero) is 1. The summed E-state index contributed by atoms with van der Waals surface area (Å²) in [6.07, 6.45) is 31.1. The SMILES string of the molecule is COc1cc(C2CC(=O)C3C4C=CC56C#CCC7NC8C9C=C%10CSSCC%11C%12C=Cc%13c%14cc4c5c%13C%12(C(CSSC%10C4=C5C=C(C%14)C(O)CC5C5=CC%10CCCC%10%12CC5(C49)C4CC%12c5cc(O)c(O)cc5C84C(C3O)C7C#CC2Cc2ccccc2)C6O)C2(CCCC2)C%112CCCC2)c(CO)cc1O. The molecule has 6 saturated carbocycles. The van der Waals surface area contributed by atoms with E-state index in [1.807, 2.05) is 24.3 Å². The smallest absolute Gasteiger partial charge is 0.160 e. The fraction of sp³-hybridized carbons (Fsp3) is 0.554. The molecule has 19 aliphatic rings. The molecule has 10 nitrogen and oxygen atoms in total. The van der Waals surface area contributed by atoms with Crippen LogP contribution in [0.4, 0.5) is 0 Å². The third-order valence-corrected chi connectivity index (χ3v) is 39.8. The average Bonchev–Trinajstić information content (AvgIpc) is 1.26. The van der Waals surface area contributed by atoms with Crippen LogP contribution in [0.5, 0.6) is 23.0 Å². The number of fused-ring (bicyclic) bond motifs is 13.